The van der Waals surface area contributed by atoms with Crippen molar-refractivity contribution >= 4 is 56.4 Å². The Kier molecular flexibility index (Phi) is 7.44. The zero-order valence-corrected chi connectivity index (χ0v) is 19.3. The van der Waals surface area contributed by atoms with Crippen LogP contribution in [0, 0.1) is 12.8 Å². The van der Waals surface area contributed by atoms with Crippen molar-refractivity contribution in [3.8, 4) is 5.75 Å². The Labute approximate surface area is 189 Å². The molecule has 3 N–H and O–H groups in total. The van der Waals surface area contributed by atoms with Crippen molar-refractivity contribution in [2.45, 2.75) is 33.1 Å². The van der Waals surface area contributed by atoms with Gasteiger partial charge in [0.2, 0.25) is 5.91 Å². The van der Waals surface area contributed by atoms with E-state index < -0.39 is 0 Å². The second-order valence-electron chi connectivity index (χ2n) is 7.20. The molecule has 158 valence electrons. The van der Waals surface area contributed by atoms with E-state index in [0.29, 0.717) is 28.1 Å². The van der Waals surface area contributed by atoms with Gasteiger partial charge in [-0.1, -0.05) is 13.0 Å². The van der Waals surface area contributed by atoms with Crippen LogP contribution in [0.15, 0.2) is 40.9 Å². The maximum Gasteiger partial charge on any atom is 0.257 e. The molecule has 1 saturated carbocycles. The fourth-order valence-corrected chi connectivity index (χ4v) is 3.43. The number of halogens is 1. The first-order chi connectivity index (χ1) is 14.4. The number of aryl methyl sites for hydroxylation is 1. The Hall–Kier alpha value is -2.45. The minimum atomic E-state index is -0.329. The Bertz CT molecular complexity index is 976. The quantitative estimate of drug-likeness (QED) is 0.475. The molecule has 1 aliphatic rings. The third-order valence-electron chi connectivity index (χ3n) is 4.58. The lowest BCUT2D eigenvalue weighted by Gasteiger charge is -2.14. The topological polar surface area (TPSA) is 79.5 Å². The smallest absolute Gasteiger partial charge is 0.257 e. The highest BCUT2D eigenvalue weighted by atomic mass is 79.9. The fourth-order valence-electron chi connectivity index (χ4n) is 2.72. The van der Waals surface area contributed by atoms with Gasteiger partial charge in [-0.05, 0) is 90.2 Å². The molecule has 30 heavy (non-hydrogen) atoms. The molecule has 0 radical (unpaired) electrons. The van der Waals surface area contributed by atoms with Gasteiger partial charge in [0.05, 0.1) is 11.1 Å². The Balaban J connectivity index is 1.60. The van der Waals surface area contributed by atoms with Crippen LogP contribution in [0.1, 0.15) is 42.1 Å². The van der Waals surface area contributed by atoms with Crippen molar-refractivity contribution in [3.63, 3.8) is 0 Å². The van der Waals surface area contributed by atoms with Crippen molar-refractivity contribution in [1.29, 1.82) is 0 Å². The molecule has 6 nitrogen and oxygen atoms in total. The highest BCUT2D eigenvalue weighted by Gasteiger charge is 2.29. The molecule has 0 spiro atoms. The van der Waals surface area contributed by atoms with E-state index in [2.05, 4.69) is 31.9 Å². The van der Waals surface area contributed by atoms with Crippen molar-refractivity contribution < 1.29 is 14.3 Å². The highest BCUT2D eigenvalue weighted by Crippen LogP contribution is 2.31. The molecule has 2 aromatic rings. The average molecular weight is 490 g/mol. The molecule has 0 bridgehead atoms. The predicted octanol–water partition coefficient (Wildman–Crippen LogP) is 5.02. The lowest BCUT2D eigenvalue weighted by Crippen LogP contribution is -2.34. The summed E-state index contributed by atoms with van der Waals surface area (Å²) in [5.41, 5.74) is 2.83. The number of benzene rings is 2. The van der Waals surface area contributed by atoms with Crippen LogP contribution in [-0.2, 0) is 4.79 Å². The van der Waals surface area contributed by atoms with Crippen molar-refractivity contribution in [2.75, 3.05) is 17.2 Å². The summed E-state index contributed by atoms with van der Waals surface area (Å²) >= 11 is 8.70. The average Bonchev–Trinajstić information content (AvgIpc) is 3.55. The zero-order valence-electron chi connectivity index (χ0n) is 16.9. The first-order valence-electron chi connectivity index (χ1n) is 9.83. The second-order valence-corrected chi connectivity index (χ2v) is 8.46. The number of nitrogens with one attached hydrogen (secondary N) is 3. The molecule has 8 heteroatoms. The predicted molar refractivity (Wildman–Crippen MR) is 126 cm³/mol. The van der Waals surface area contributed by atoms with Gasteiger partial charge in [0.15, 0.2) is 5.11 Å². The molecule has 0 aliphatic heterocycles. The normalized spacial score (nSPS) is 12.8. The summed E-state index contributed by atoms with van der Waals surface area (Å²) in [6.07, 6.45) is 2.79. The van der Waals surface area contributed by atoms with E-state index in [9.17, 15) is 9.59 Å². The van der Waals surface area contributed by atoms with E-state index in [0.717, 1.165) is 30.5 Å². The first kappa shape index (κ1) is 22.2. The molecule has 0 saturated heterocycles. The molecule has 1 aliphatic carbocycles. The van der Waals surface area contributed by atoms with Crippen molar-refractivity contribution in [1.82, 2.24) is 5.32 Å². The summed E-state index contributed by atoms with van der Waals surface area (Å²) in [5, 5.41) is 8.79. The van der Waals surface area contributed by atoms with Gasteiger partial charge in [0.25, 0.3) is 5.91 Å². The van der Waals surface area contributed by atoms with Gasteiger partial charge >= 0.3 is 0 Å². The van der Waals surface area contributed by atoms with Crippen LogP contribution in [-0.4, -0.2) is 23.5 Å². The number of ether oxygens (including phenoxy) is 1. The molecule has 0 atom stereocenters. The largest absolute Gasteiger partial charge is 0.492 e. The fraction of sp³-hybridized carbons (Fsp3) is 0.318. The van der Waals surface area contributed by atoms with Crippen LogP contribution < -0.4 is 20.7 Å². The van der Waals surface area contributed by atoms with E-state index in [1.165, 1.54) is 0 Å². The molecule has 3 rings (SSSR count). The van der Waals surface area contributed by atoms with E-state index in [4.69, 9.17) is 17.0 Å². The highest BCUT2D eigenvalue weighted by molar-refractivity contribution is 9.10. The molecule has 0 unspecified atom stereocenters. The van der Waals surface area contributed by atoms with Crippen LogP contribution in [0.5, 0.6) is 5.75 Å². The Morgan fingerprint density at radius 1 is 1.17 bits per heavy atom. The molecule has 2 amide bonds. The van der Waals surface area contributed by atoms with Gasteiger partial charge in [-0.2, -0.15) is 0 Å². The van der Waals surface area contributed by atoms with E-state index in [1.54, 1.807) is 18.2 Å². The van der Waals surface area contributed by atoms with E-state index in [-0.39, 0.29) is 22.8 Å². The van der Waals surface area contributed by atoms with Crippen LogP contribution in [0.2, 0.25) is 0 Å². The third kappa shape index (κ3) is 6.03. The molecular formula is C22H24BrN3O3S. The Morgan fingerprint density at radius 3 is 2.60 bits per heavy atom. The molecule has 0 heterocycles. The molecular weight excluding hydrogens is 466 g/mol. The van der Waals surface area contributed by atoms with E-state index in [1.807, 2.05) is 32.0 Å². The molecule has 2 aromatic carbocycles. The maximum atomic E-state index is 12.5. The number of thiocarbonyl (C=S) groups is 1. The van der Waals surface area contributed by atoms with Crippen LogP contribution in [0.4, 0.5) is 11.4 Å². The van der Waals surface area contributed by atoms with E-state index >= 15 is 0 Å². The maximum absolute atomic E-state index is 12.5. The van der Waals surface area contributed by atoms with Gasteiger partial charge in [0, 0.05) is 22.9 Å². The first-order valence-corrected chi connectivity index (χ1v) is 11.0. The summed E-state index contributed by atoms with van der Waals surface area (Å²) in [6.45, 7) is 4.57. The lowest BCUT2D eigenvalue weighted by molar-refractivity contribution is -0.117. The summed E-state index contributed by atoms with van der Waals surface area (Å²) in [5.74, 6) is 0.529. The zero-order chi connectivity index (χ0) is 21.7. The minimum absolute atomic E-state index is 0.0445. The number of carbonyl (C=O) groups is 2. The summed E-state index contributed by atoms with van der Waals surface area (Å²) in [4.78, 5) is 24.6. The Morgan fingerprint density at radius 2 is 1.93 bits per heavy atom. The van der Waals surface area contributed by atoms with Crippen molar-refractivity contribution in [3.05, 3.63) is 52.0 Å². The van der Waals surface area contributed by atoms with Gasteiger partial charge in [-0.25, -0.2) is 0 Å². The lowest BCUT2D eigenvalue weighted by atomic mass is 10.1. The minimum Gasteiger partial charge on any atom is -0.492 e. The van der Waals surface area contributed by atoms with Crippen LogP contribution in [0.3, 0.4) is 0 Å². The monoisotopic (exact) mass is 489 g/mol. The number of carbonyl (C=O) groups excluding carboxylic acids is 2. The van der Waals surface area contributed by atoms with Gasteiger partial charge in [-0.15, -0.1) is 0 Å². The summed E-state index contributed by atoms with van der Waals surface area (Å²) in [7, 11) is 0. The second kappa shape index (κ2) is 10.0. The van der Waals surface area contributed by atoms with Crippen LogP contribution in [0.25, 0.3) is 0 Å². The standard InChI is InChI=1S/C22H24BrN3O3S/c1-3-10-29-19-9-7-15(11-17(19)23)21(28)26-22(30)24-16-8-4-13(2)18(12-16)25-20(27)14-5-6-14/h4,7-9,11-12,14H,3,5-6,10H2,1-2H3,(H,25,27)(H2,24,26,28,30). The number of anilines is 2. The van der Waals surface area contributed by atoms with Gasteiger partial charge in [-0.3, -0.25) is 14.9 Å². The third-order valence-corrected chi connectivity index (χ3v) is 5.41. The number of rotatable bonds is 7. The summed E-state index contributed by atoms with van der Waals surface area (Å²) < 4.78 is 6.31. The summed E-state index contributed by atoms with van der Waals surface area (Å²) in [6, 6.07) is 10.7. The van der Waals surface area contributed by atoms with Gasteiger partial charge < -0.3 is 15.4 Å². The molecule has 0 aromatic heterocycles. The number of hydrogen-bond acceptors (Lipinski definition) is 4. The number of amides is 2. The molecule has 1 fully saturated rings. The van der Waals surface area contributed by atoms with Gasteiger partial charge in [0.1, 0.15) is 5.75 Å². The SMILES string of the molecule is CCCOc1ccc(C(=O)NC(=S)Nc2ccc(C)c(NC(=O)C3CC3)c2)cc1Br. The van der Waals surface area contributed by atoms with Crippen LogP contribution >= 0.6 is 28.1 Å². The number of hydrogen-bond donors (Lipinski definition) is 3. The van der Waals surface area contributed by atoms with Crippen molar-refractivity contribution in [2.24, 2.45) is 5.92 Å².